The first-order valence-electron chi connectivity index (χ1n) is 19.0. The summed E-state index contributed by atoms with van der Waals surface area (Å²) in [6.45, 7) is 13.0. The van der Waals surface area contributed by atoms with E-state index < -0.39 is 6.67 Å². The van der Waals surface area contributed by atoms with Gasteiger partial charge in [-0.15, -0.1) is 0 Å². The van der Waals surface area contributed by atoms with Crippen LogP contribution in [0.4, 0.5) is 4.39 Å². The van der Waals surface area contributed by atoms with Crippen molar-refractivity contribution in [1.82, 2.24) is 0 Å². The van der Waals surface area contributed by atoms with Gasteiger partial charge in [-0.3, -0.25) is 4.79 Å². The van der Waals surface area contributed by atoms with Gasteiger partial charge in [0.05, 0.1) is 159 Å². The maximum absolute atomic E-state index is 11.8. The average Bonchev–Trinajstić information content (AvgIpc) is 3.14. The van der Waals surface area contributed by atoms with Gasteiger partial charge in [-0.05, 0) is 6.42 Å². The molecule has 0 aliphatic carbocycles. The van der Waals surface area contributed by atoms with Crippen molar-refractivity contribution in [2.24, 2.45) is 0 Å². The molecule has 0 aromatic rings. The second kappa shape index (κ2) is 46.9. The summed E-state index contributed by atoms with van der Waals surface area (Å²) in [6, 6.07) is 0. The maximum atomic E-state index is 11.8. The Labute approximate surface area is 306 Å². The minimum atomic E-state index is -0.478. The quantitative estimate of drug-likeness (QED) is 0.0659. The van der Waals surface area contributed by atoms with Crippen molar-refractivity contribution in [2.45, 2.75) is 58.3 Å². The van der Waals surface area contributed by atoms with Crippen molar-refractivity contribution in [1.29, 1.82) is 0 Å². The van der Waals surface area contributed by atoms with Gasteiger partial charge in [0.2, 0.25) is 0 Å². The van der Waals surface area contributed by atoms with Crippen molar-refractivity contribution >= 4 is 5.97 Å². The van der Waals surface area contributed by atoms with E-state index in [2.05, 4.69) is 6.92 Å². The van der Waals surface area contributed by atoms with Gasteiger partial charge in [0.15, 0.2) is 0 Å². The van der Waals surface area contributed by atoms with Crippen LogP contribution in [-0.4, -0.2) is 178 Å². The molecule has 0 rings (SSSR count). The molecule has 0 N–H and O–H groups in total. The number of carbonyl (C=O) groups is 1. The third-order valence-corrected chi connectivity index (χ3v) is 6.79. The predicted octanol–water partition coefficient (Wildman–Crippen LogP) is 3.84. The van der Waals surface area contributed by atoms with Crippen LogP contribution in [0.25, 0.3) is 0 Å². The standard InChI is InChI=1S/C36H71FO14/c1-2-3-4-5-6-7-8-9-36(38)51-35-34-50-33-32-49-31-30-48-29-28-47-27-26-46-25-24-45-23-22-44-21-20-43-19-18-42-17-16-41-15-14-40-13-12-39-11-10-37/h2-35H2,1H3. The van der Waals surface area contributed by atoms with Gasteiger partial charge in [-0.1, -0.05) is 45.4 Å². The average molecular weight is 747 g/mol. The van der Waals surface area contributed by atoms with Crippen molar-refractivity contribution < 1.29 is 70.8 Å². The molecule has 0 fully saturated rings. The maximum Gasteiger partial charge on any atom is 0.305 e. The highest BCUT2D eigenvalue weighted by atomic mass is 19.1. The van der Waals surface area contributed by atoms with Gasteiger partial charge < -0.3 is 61.6 Å². The molecule has 0 saturated heterocycles. The van der Waals surface area contributed by atoms with E-state index in [1.807, 2.05) is 0 Å². The second-order valence-electron chi connectivity index (χ2n) is 11.1. The summed E-state index contributed by atoms with van der Waals surface area (Å²) in [5.74, 6) is -0.144. The van der Waals surface area contributed by atoms with Gasteiger partial charge in [0.25, 0.3) is 0 Å². The number of halogens is 1. The Balaban J connectivity index is 3.09. The number of esters is 1. The Hall–Kier alpha value is -1.08. The van der Waals surface area contributed by atoms with Gasteiger partial charge in [0, 0.05) is 6.42 Å². The number of rotatable bonds is 46. The first-order chi connectivity index (χ1) is 25.3. The van der Waals surface area contributed by atoms with Crippen LogP contribution >= 0.6 is 0 Å². The van der Waals surface area contributed by atoms with Crippen LogP contribution in [0.2, 0.25) is 0 Å². The molecule has 0 atom stereocenters. The Morgan fingerprint density at radius 1 is 0.333 bits per heavy atom. The Kier molecular flexibility index (Phi) is 45.9. The van der Waals surface area contributed by atoms with Crippen LogP contribution < -0.4 is 0 Å². The zero-order chi connectivity index (χ0) is 36.8. The number of hydrogen-bond acceptors (Lipinski definition) is 14. The summed E-state index contributed by atoms with van der Waals surface area (Å²) in [5, 5.41) is 0. The molecule has 51 heavy (non-hydrogen) atoms. The van der Waals surface area contributed by atoms with Crippen molar-refractivity contribution in [2.75, 3.05) is 172 Å². The zero-order valence-corrected chi connectivity index (χ0v) is 31.6. The monoisotopic (exact) mass is 746 g/mol. The topological polar surface area (TPSA) is 137 Å². The van der Waals surface area contributed by atoms with E-state index in [1.165, 1.54) is 32.1 Å². The number of ether oxygens (including phenoxy) is 13. The normalized spacial score (nSPS) is 11.5. The van der Waals surface area contributed by atoms with Crippen LogP contribution in [0.15, 0.2) is 0 Å². The van der Waals surface area contributed by atoms with Gasteiger partial charge in [0.1, 0.15) is 13.3 Å². The Morgan fingerprint density at radius 3 is 0.843 bits per heavy atom. The molecule has 0 spiro atoms. The fraction of sp³-hybridized carbons (Fsp3) is 0.972. The van der Waals surface area contributed by atoms with E-state index >= 15 is 0 Å². The summed E-state index contributed by atoms with van der Waals surface area (Å²) in [4.78, 5) is 11.7. The lowest BCUT2D eigenvalue weighted by Crippen LogP contribution is -2.15. The van der Waals surface area contributed by atoms with E-state index in [-0.39, 0.29) is 19.2 Å². The fourth-order valence-corrected chi connectivity index (χ4v) is 4.09. The summed E-state index contributed by atoms with van der Waals surface area (Å²) in [5.41, 5.74) is 0. The molecule has 0 bridgehead atoms. The number of alkyl halides is 1. The fourth-order valence-electron chi connectivity index (χ4n) is 4.09. The highest BCUT2D eigenvalue weighted by Crippen LogP contribution is 2.08. The number of carbonyl (C=O) groups excluding carboxylic acids is 1. The molecule has 0 aliphatic heterocycles. The largest absolute Gasteiger partial charge is 0.463 e. The van der Waals surface area contributed by atoms with Gasteiger partial charge in [-0.2, -0.15) is 0 Å². The lowest BCUT2D eigenvalue weighted by atomic mass is 10.1. The van der Waals surface area contributed by atoms with Crippen molar-refractivity contribution in [3.63, 3.8) is 0 Å². The molecule has 0 amide bonds. The van der Waals surface area contributed by atoms with Crippen LogP contribution in [0.3, 0.4) is 0 Å². The molecular formula is C36H71FO14. The Bertz CT molecular complexity index is 653. The molecule has 0 aliphatic rings. The van der Waals surface area contributed by atoms with Gasteiger partial charge >= 0.3 is 5.97 Å². The molecule has 0 unspecified atom stereocenters. The molecular weight excluding hydrogens is 675 g/mol. The summed E-state index contributed by atoms with van der Waals surface area (Å²) >= 11 is 0. The lowest BCUT2D eigenvalue weighted by Gasteiger charge is -2.09. The molecule has 0 saturated carbocycles. The Morgan fingerprint density at radius 2 is 0.569 bits per heavy atom. The zero-order valence-electron chi connectivity index (χ0n) is 31.6. The van der Waals surface area contributed by atoms with Crippen molar-refractivity contribution in [3.05, 3.63) is 0 Å². The molecule has 0 aromatic carbocycles. The van der Waals surface area contributed by atoms with E-state index in [9.17, 15) is 9.18 Å². The van der Waals surface area contributed by atoms with E-state index in [0.29, 0.717) is 158 Å². The highest BCUT2D eigenvalue weighted by molar-refractivity contribution is 5.69. The van der Waals surface area contributed by atoms with Crippen LogP contribution in [-0.2, 0) is 66.4 Å². The number of unbranched alkanes of at least 4 members (excludes halogenated alkanes) is 6. The van der Waals surface area contributed by atoms with E-state index in [4.69, 9.17) is 61.6 Å². The first kappa shape index (κ1) is 49.9. The lowest BCUT2D eigenvalue weighted by molar-refractivity contribution is -0.145. The van der Waals surface area contributed by atoms with E-state index in [0.717, 1.165) is 12.8 Å². The summed E-state index contributed by atoms with van der Waals surface area (Å²) in [7, 11) is 0. The van der Waals surface area contributed by atoms with Gasteiger partial charge in [-0.25, -0.2) is 4.39 Å². The predicted molar refractivity (Wildman–Crippen MR) is 189 cm³/mol. The molecule has 0 heterocycles. The highest BCUT2D eigenvalue weighted by Gasteiger charge is 2.03. The molecule has 14 nitrogen and oxygen atoms in total. The third-order valence-electron chi connectivity index (χ3n) is 6.79. The summed E-state index contributed by atoms with van der Waals surface area (Å²) in [6.07, 6.45) is 8.77. The van der Waals surface area contributed by atoms with E-state index in [1.54, 1.807) is 0 Å². The minimum absolute atomic E-state index is 0.110. The molecule has 0 aromatic heterocycles. The van der Waals surface area contributed by atoms with Crippen LogP contribution in [0, 0.1) is 0 Å². The van der Waals surface area contributed by atoms with Crippen LogP contribution in [0.1, 0.15) is 58.3 Å². The molecule has 0 radical (unpaired) electrons. The molecule has 15 heteroatoms. The van der Waals surface area contributed by atoms with Crippen molar-refractivity contribution in [3.8, 4) is 0 Å². The first-order valence-corrected chi connectivity index (χ1v) is 19.0. The SMILES string of the molecule is CCCCCCCCCC(=O)OCCOCCOCCOCCOCCOCCOCCOCCOCCOCCOCCOCCOCCF. The minimum Gasteiger partial charge on any atom is -0.463 e. The number of hydrogen-bond donors (Lipinski definition) is 0. The second-order valence-corrected chi connectivity index (χ2v) is 11.1. The summed E-state index contributed by atoms with van der Waals surface area (Å²) < 4.78 is 81.8. The van der Waals surface area contributed by atoms with Crippen LogP contribution in [0.5, 0.6) is 0 Å². The smallest absolute Gasteiger partial charge is 0.305 e. The molecule has 306 valence electrons. The third kappa shape index (κ3) is 46.9.